The van der Waals surface area contributed by atoms with Crippen LogP contribution in [0.3, 0.4) is 0 Å². The van der Waals surface area contributed by atoms with Crippen LogP contribution in [0.25, 0.3) is 0 Å². The van der Waals surface area contributed by atoms with Crippen LogP contribution in [0.15, 0.2) is 29.2 Å². The Morgan fingerprint density at radius 3 is 2.29 bits per heavy atom. The molecule has 0 saturated heterocycles. The Morgan fingerprint density at radius 1 is 1.24 bits per heavy atom. The molecule has 0 spiro atoms. The van der Waals surface area contributed by atoms with E-state index in [-0.39, 0.29) is 11.3 Å². The number of hydrogen-bond donors (Lipinski definition) is 1. The minimum Gasteiger partial charge on any atom is -0.481 e. The fourth-order valence-corrected chi connectivity index (χ4v) is 3.01. The summed E-state index contributed by atoms with van der Waals surface area (Å²) >= 11 is 0. The van der Waals surface area contributed by atoms with Crippen LogP contribution in [-0.4, -0.2) is 37.4 Å². The molecule has 118 valence electrons. The van der Waals surface area contributed by atoms with E-state index in [0.29, 0.717) is 18.9 Å². The highest BCUT2D eigenvalue weighted by atomic mass is 32.2. The maximum absolute atomic E-state index is 12.4. The zero-order valence-electron chi connectivity index (χ0n) is 12.7. The van der Waals surface area contributed by atoms with Crippen molar-refractivity contribution in [1.82, 2.24) is 4.31 Å². The second-order valence-electron chi connectivity index (χ2n) is 5.55. The SMILES string of the molecule is CC(C)CCN(C)S(=O)(=O)c1ccc(CCC(=O)O)cc1. The summed E-state index contributed by atoms with van der Waals surface area (Å²) in [4.78, 5) is 10.8. The second kappa shape index (κ2) is 7.56. The quantitative estimate of drug-likeness (QED) is 0.799. The van der Waals surface area contributed by atoms with E-state index in [1.165, 1.54) is 4.31 Å². The van der Waals surface area contributed by atoms with E-state index < -0.39 is 16.0 Å². The molecule has 0 aliphatic heterocycles. The normalized spacial score (nSPS) is 12.0. The molecule has 21 heavy (non-hydrogen) atoms. The Hall–Kier alpha value is -1.40. The van der Waals surface area contributed by atoms with Crippen LogP contribution in [0.1, 0.15) is 32.3 Å². The maximum Gasteiger partial charge on any atom is 0.303 e. The standard InChI is InChI=1S/C15H23NO4S/c1-12(2)10-11-16(3)21(19,20)14-7-4-13(5-8-14)6-9-15(17)18/h4-5,7-8,12H,6,9-11H2,1-3H3,(H,17,18). The number of aryl methyl sites for hydroxylation is 1. The molecule has 0 atom stereocenters. The minimum atomic E-state index is -3.47. The van der Waals surface area contributed by atoms with E-state index in [1.54, 1.807) is 31.3 Å². The lowest BCUT2D eigenvalue weighted by molar-refractivity contribution is -0.136. The first-order valence-electron chi connectivity index (χ1n) is 7.00. The summed E-state index contributed by atoms with van der Waals surface area (Å²) in [5.74, 6) is -0.416. The van der Waals surface area contributed by atoms with Crippen molar-refractivity contribution in [2.24, 2.45) is 5.92 Å². The van der Waals surface area contributed by atoms with Gasteiger partial charge in [0, 0.05) is 20.0 Å². The van der Waals surface area contributed by atoms with Crippen molar-refractivity contribution in [3.8, 4) is 0 Å². The molecule has 6 heteroatoms. The number of nitrogens with zero attached hydrogens (tertiary/aromatic N) is 1. The van der Waals surface area contributed by atoms with Crippen LogP contribution in [0.5, 0.6) is 0 Å². The van der Waals surface area contributed by atoms with Gasteiger partial charge in [-0.3, -0.25) is 4.79 Å². The van der Waals surface area contributed by atoms with Crippen molar-refractivity contribution in [1.29, 1.82) is 0 Å². The van der Waals surface area contributed by atoms with Gasteiger partial charge in [-0.1, -0.05) is 26.0 Å². The lowest BCUT2D eigenvalue weighted by atomic mass is 10.1. The van der Waals surface area contributed by atoms with Gasteiger partial charge in [-0.2, -0.15) is 0 Å². The van der Waals surface area contributed by atoms with Gasteiger partial charge in [0.1, 0.15) is 0 Å². The molecule has 1 N–H and O–H groups in total. The summed E-state index contributed by atoms with van der Waals surface area (Å²) in [5, 5.41) is 8.63. The van der Waals surface area contributed by atoms with Gasteiger partial charge in [0.15, 0.2) is 0 Å². The largest absolute Gasteiger partial charge is 0.481 e. The summed E-state index contributed by atoms with van der Waals surface area (Å²) in [6.45, 7) is 4.59. The molecule has 1 aromatic carbocycles. The Balaban J connectivity index is 2.77. The smallest absolute Gasteiger partial charge is 0.303 e. The van der Waals surface area contributed by atoms with Gasteiger partial charge in [0.25, 0.3) is 0 Å². The molecule has 1 rings (SSSR count). The topological polar surface area (TPSA) is 74.7 Å². The van der Waals surface area contributed by atoms with Gasteiger partial charge in [-0.25, -0.2) is 12.7 Å². The zero-order chi connectivity index (χ0) is 16.0. The average molecular weight is 313 g/mol. The Bertz CT molecular complexity index is 564. The molecule has 0 radical (unpaired) electrons. The van der Waals surface area contributed by atoms with Gasteiger partial charge in [-0.05, 0) is 36.5 Å². The molecular weight excluding hydrogens is 290 g/mol. The van der Waals surface area contributed by atoms with Gasteiger partial charge < -0.3 is 5.11 Å². The number of carbonyl (C=O) groups is 1. The zero-order valence-corrected chi connectivity index (χ0v) is 13.6. The lowest BCUT2D eigenvalue weighted by Gasteiger charge is -2.18. The van der Waals surface area contributed by atoms with Crippen LogP contribution in [-0.2, 0) is 21.2 Å². The fourth-order valence-electron chi connectivity index (χ4n) is 1.82. The first-order chi connectivity index (χ1) is 9.73. The number of hydrogen-bond acceptors (Lipinski definition) is 3. The Kier molecular flexibility index (Phi) is 6.36. The molecule has 0 fully saturated rings. The van der Waals surface area contributed by atoms with Gasteiger partial charge in [0.05, 0.1) is 4.90 Å². The molecular formula is C15H23NO4S. The van der Waals surface area contributed by atoms with E-state index in [4.69, 9.17) is 5.11 Å². The molecule has 0 unspecified atom stereocenters. The van der Waals surface area contributed by atoms with Crippen LogP contribution in [0.2, 0.25) is 0 Å². The van der Waals surface area contributed by atoms with Crippen LogP contribution in [0.4, 0.5) is 0 Å². The molecule has 0 saturated carbocycles. The highest BCUT2D eigenvalue weighted by Gasteiger charge is 2.20. The summed E-state index contributed by atoms with van der Waals surface area (Å²) in [6.07, 6.45) is 1.26. The third kappa shape index (κ3) is 5.47. The molecule has 0 aliphatic rings. The Labute approximate surface area is 126 Å². The molecule has 0 heterocycles. The molecule has 0 aliphatic carbocycles. The Morgan fingerprint density at radius 2 is 1.81 bits per heavy atom. The predicted molar refractivity (Wildman–Crippen MR) is 81.7 cm³/mol. The van der Waals surface area contributed by atoms with E-state index in [9.17, 15) is 13.2 Å². The van der Waals surface area contributed by atoms with Gasteiger partial charge >= 0.3 is 5.97 Å². The van der Waals surface area contributed by atoms with E-state index in [1.807, 2.05) is 0 Å². The molecule has 5 nitrogen and oxygen atoms in total. The van der Waals surface area contributed by atoms with E-state index in [2.05, 4.69) is 13.8 Å². The third-order valence-corrected chi connectivity index (χ3v) is 5.15. The molecule has 0 bridgehead atoms. The van der Waals surface area contributed by atoms with Crippen LogP contribution < -0.4 is 0 Å². The summed E-state index contributed by atoms with van der Waals surface area (Å²) in [5.41, 5.74) is 0.821. The van der Waals surface area contributed by atoms with Crippen molar-refractivity contribution in [2.75, 3.05) is 13.6 Å². The van der Waals surface area contributed by atoms with E-state index in [0.717, 1.165) is 12.0 Å². The number of sulfonamides is 1. The van der Waals surface area contributed by atoms with Gasteiger partial charge in [0.2, 0.25) is 10.0 Å². The van der Waals surface area contributed by atoms with Crippen LogP contribution in [0, 0.1) is 5.92 Å². The third-order valence-electron chi connectivity index (χ3n) is 3.28. The number of carboxylic acids is 1. The monoisotopic (exact) mass is 313 g/mol. The minimum absolute atomic E-state index is 0.0421. The molecule has 0 aromatic heterocycles. The highest BCUT2D eigenvalue weighted by Crippen LogP contribution is 2.17. The highest BCUT2D eigenvalue weighted by molar-refractivity contribution is 7.89. The lowest BCUT2D eigenvalue weighted by Crippen LogP contribution is -2.28. The first-order valence-corrected chi connectivity index (χ1v) is 8.44. The summed E-state index contributed by atoms with van der Waals surface area (Å²) in [7, 11) is -1.89. The maximum atomic E-state index is 12.4. The fraction of sp³-hybridized carbons (Fsp3) is 0.533. The number of rotatable bonds is 8. The predicted octanol–water partition coefficient (Wildman–Crippen LogP) is 2.37. The summed E-state index contributed by atoms with van der Waals surface area (Å²) in [6, 6.07) is 6.43. The van der Waals surface area contributed by atoms with Crippen molar-refractivity contribution in [2.45, 2.75) is 38.0 Å². The molecule has 0 amide bonds. The van der Waals surface area contributed by atoms with Crippen molar-refractivity contribution in [3.63, 3.8) is 0 Å². The van der Waals surface area contributed by atoms with Crippen LogP contribution >= 0.6 is 0 Å². The van der Waals surface area contributed by atoms with Crippen molar-refractivity contribution in [3.05, 3.63) is 29.8 Å². The van der Waals surface area contributed by atoms with E-state index >= 15 is 0 Å². The number of benzene rings is 1. The van der Waals surface area contributed by atoms with Crippen molar-refractivity contribution >= 4 is 16.0 Å². The summed E-state index contributed by atoms with van der Waals surface area (Å²) < 4.78 is 26.1. The molecule has 1 aromatic rings. The number of carboxylic acid groups (broad SMARTS) is 1. The van der Waals surface area contributed by atoms with Crippen molar-refractivity contribution < 1.29 is 18.3 Å². The number of aliphatic carboxylic acids is 1. The average Bonchev–Trinajstić information content (AvgIpc) is 2.42. The van der Waals surface area contributed by atoms with Gasteiger partial charge in [-0.15, -0.1) is 0 Å². The second-order valence-corrected chi connectivity index (χ2v) is 7.59. The first kappa shape index (κ1) is 17.7.